The quantitative estimate of drug-likeness (QED) is 0.0826. The van der Waals surface area contributed by atoms with E-state index < -0.39 is 30.3 Å². The predicted octanol–water partition coefficient (Wildman–Crippen LogP) is 7.51. The predicted molar refractivity (Wildman–Crippen MR) is 232 cm³/mol. The smallest absolute Gasteiger partial charge is 0.407 e. The molecule has 18 heteroatoms. The first-order valence-corrected chi connectivity index (χ1v) is 21.9. The minimum absolute atomic E-state index is 0.114. The molecule has 63 heavy (non-hydrogen) atoms. The lowest BCUT2D eigenvalue weighted by molar-refractivity contribution is -0.134. The third-order valence-electron chi connectivity index (χ3n) is 11.9. The molecule has 328 valence electrons. The number of thiophene rings is 1. The van der Waals surface area contributed by atoms with Crippen LogP contribution in [0.4, 0.5) is 14.0 Å². The second-order valence-corrected chi connectivity index (χ2v) is 17.6. The summed E-state index contributed by atoms with van der Waals surface area (Å²) >= 11 is 1.72. The van der Waals surface area contributed by atoms with Crippen molar-refractivity contribution < 1.29 is 37.8 Å². The van der Waals surface area contributed by atoms with E-state index in [1.54, 1.807) is 28.6 Å². The number of rotatable bonds is 12. The number of methoxy groups -OCH3 is 2. The second-order valence-electron chi connectivity index (χ2n) is 16.4. The minimum atomic E-state index is -0.779. The van der Waals surface area contributed by atoms with Crippen molar-refractivity contribution in [1.82, 2.24) is 45.4 Å². The molecule has 2 aromatic carbocycles. The zero-order chi connectivity index (χ0) is 43.9. The van der Waals surface area contributed by atoms with Crippen LogP contribution in [0, 0.1) is 11.7 Å². The van der Waals surface area contributed by atoms with Crippen LogP contribution in [0.5, 0.6) is 5.75 Å². The van der Waals surface area contributed by atoms with Crippen molar-refractivity contribution in [1.29, 1.82) is 0 Å². The highest BCUT2D eigenvalue weighted by molar-refractivity contribution is 7.12. The number of amides is 4. The van der Waals surface area contributed by atoms with E-state index in [1.807, 2.05) is 44.2 Å². The standard InChI is InChI=1S/C45H48FN9O7S/c1-23(2)40(53-45(59)61-4)42(57)49-21-37-47-19-29(51-37)25-10-11-31-27(15-25)17-33-39-28(46)16-26(18-34(39)62-43(55(31)33)36-13-12-35(63-36)24-8-9-24)30-20-48-41(52-30)32-7-5-6-14-54(32)38(56)22-50-44(58)60-3/h10-13,15-20,23-24,32,40,43H,5-9,14,21-22H2,1-4H3,(H,47,51)(H,48,52)(H,49,57)(H,50,58)(H,53,59)/t32-,40-,43-/m0/s1. The molecule has 3 atom stereocenters. The Morgan fingerprint density at radius 1 is 0.905 bits per heavy atom. The fourth-order valence-corrected chi connectivity index (χ4v) is 9.66. The molecule has 0 bridgehead atoms. The van der Waals surface area contributed by atoms with Gasteiger partial charge in [-0.05, 0) is 86.4 Å². The van der Waals surface area contributed by atoms with Crippen molar-refractivity contribution in [2.45, 2.75) is 76.7 Å². The highest BCUT2D eigenvalue weighted by Crippen LogP contribution is 2.50. The zero-order valence-corrected chi connectivity index (χ0v) is 36.1. The molecule has 1 saturated heterocycles. The summed E-state index contributed by atoms with van der Waals surface area (Å²) in [4.78, 5) is 69.4. The summed E-state index contributed by atoms with van der Waals surface area (Å²) in [5, 5.41) is 8.75. The van der Waals surface area contributed by atoms with Gasteiger partial charge in [-0.3, -0.25) is 14.2 Å². The van der Waals surface area contributed by atoms with Crippen LogP contribution in [0.25, 0.3) is 44.7 Å². The number of aromatic amines is 2. The Hall–Kier alpha value is -6.69. The van der Waals surface area contributed by atoms with Gasteiger partial charge in [0.05, 0.1) is 72.2 Å². The Bertz CT molecular complexity index is 2720. The van der Waals surface area contributed by atoms with Gasteiger partial charge in [0.2, 0.25) is 18.0 Å². The van der Waals surface area contributed by atoms with E-state index in [0.29, 0.717) is 58.8 Å². The summed E-state index contributed by atoms with van der Waals surface area (Å²) in [6.45, 7) is 4.10. The van der Waals surface area contributed by atoms with Crippen molar-refractivity contribution >= 4 is 46.2 Å². The number of hydrogen-bond donors (Lipinski definition) is 5. The number of benzene rings is 2. The third-order valence-corrected chi connectivity index (χ3v) is 13.2. The van der Waals surface area contributed by atoms with E-state index >= 15 is 4.39 Å². The SMILES string of the molecule is COC(=O)NCC(=O)N1CCCC[C@H]1c1ncc(-c2cc(F)c3c(c2)O[C@@H](c2ccc(C4CC4)s2)n2c-3cc3cc(-c4cnc(CNC(=O)[C@@H](NC(=O)OC)C(C)C)[nH]4)ccc32)[nH]1. The maximum Gasteiger partial charge on any atom is 0.407 e. The first kappa shape index (κ1) is 41.7. The molecule has 6 aromatic rings. The second kappa shape index (κ2) is 17.2. The van der Waals surface area contributed by atoms with Crippen LogP contribution in [0.1, 0.15) is 85.5 Å². The number of carbonyl (C=O) groups is 4. The van der Waals surface area contributed by atoms with Gasteiger partial charge >= 0.3 is 12.2 Å². The summed E-state index contributed by atoms with van der Waals surface area (Å²) in [5.41, 5.74) is 4.59. The summed E-state index contributed by atoms with van der Waals surface area (Å²) in [6, 6.07) is 14.5. The first-order chi connectivity index (χ1) is 30.5. The topological polar surface area (TPSA) is 198 Å². The van der Waals surface area contributed by atoms with Gasteiger partial charge < -0.3 is 45.0 Å². The Kier molecular flexibility index (Phi) is 11.4. The molecule has 2 fully saturated rings. The van der Waals surface area contributed by atoms with Crippen molar-refractivity contribution in [3.05, 3.63) is 88.1 Å². The molecule has 6 heterocycles. The molecular weight excluding hydrogens is 830 g/mol. The van der Waals surface area contributed by atoms with Gasteiger partial charge in [0, 0.05) is 27.9 Å². The highest BCUT2D eigenvalue weighted by Gasteiger charge is 2.35. The number of H-pyrrole nitrogens is 2. The number of likely N-dealkylation sites (tertiary alicyclic amines) is 1. The van der Waals surface area contributed by atoms with Gasteiger partial charge in [-0.1, -0.05) is 19.9 Å². The molecule has 4 amide bonds. The van der Waals surface area contributed by atoms with E-state index in [0.717, 1.165) is 39.9 Å². The Morgan fingerprint density at radius 3 is 2.46 bits per heavy atom. The molecule has 5 N–H and O–H groups in total. The maximum atomic E-state index is 16.7. The lowest BCUT2D eigenvalue weighted by Gasteiger charge is -2.34. The molecule has 16 nitrogen and oxygen atoms in total. The number of fused-ring (bicyclic) bond motifs is 5. The number of hydrogen-bond acceptors (Lipinski definition) is 10. The molecular formula is C45H48FN9O7S. The highest BCUT2D eigenvalue weighted by atomic mass is 32.1. The summed E-state index contributed by atoms with van der Waals surface area (Å²) < 4.78 is 34.9. The lowest BCUT2D eigenvalue weighted by atomic mass is 10.0. The van der Waals surface area contributed by atoms with E-state index in [2.05, 4.69) is 62.1 Å². The van der Waals surface area contributed by atoms with Gasteiger partial charge in [0.25, 0.3) is 0 Å². The van der Waals surface area contributed by atoms with Crippen molar-refractivity contribution in [3.63, 3.8) is 0 Å². The van der Waals surface area contributed by atoms with Crippen LogP contribution >= 0.6 is 11.3 Å². The molecule has 4 aromatic heterocycles. The zero-order valence-electron chi connectivity index (χ0n) is 35.2. The van der Waals surface area contributed by atoms with Crippen LogP contribution in [0.15, 0.2) is 60.9 Å². The number of carbonyl (C=O) groups excluding carboxylic acids is 4. The third kappa shape index (κ3) is 8.34. The molecule has 9 rings (SSSR count). The summed E-state index contributed by atoms with van der Waals surface area (Å²) in [7, 11) is 2.49. The van der Waals surface area contributed by atoms with E-state index in [1.165, 1.54) is 38.0 Å². The Morgan fingerprint density at radius 2 is 1.68 bits per heavy atom. The summed E-state index contributed by atoms with van der Waals surface area (Å²) in [5.74, 6) is 0.828. The minimum Gasteiger partial charge on any atom is -0.464 e. The van der Waals surface area contributed by atoms with Crippen LogP contribution in [-0.2, 0) is 25.6 Å². The van der Waals surface area contributed by atoms with E-state index in [-0.39, 0.29) is 36.9 Å². The molecule has 0 unspecified atom stereocenters. The number of ether oxygens (including phenoxy) is 3. The van der Waals surface area contributed by atoms with Gasteiger partial charge in [-0.2, -0.15) is 0 Å². The van der Waals surface area contributed by atoms with Gasteiger partial charge in [0.15, 0.2) is 0 Å². The molecule has 0 spiro atoms. The molecule has 3 aliphatic rings. The lowest BCUT2D eigenvalue weighted by Crippen LogP contribution is -2.49. The normalized spacial score (nSPS) is 17.4. The van der Waals surface area contributed by atoms with Gasteiger partial charge in [-0.25, -0.2) is 23.9 Å². The Balaban J connectivity index is 1.01. The van der Waals surface area contributed by atoms with Gasteiger partial charge in [0.1, 0.15) is 35.8 Å². The summed E-state index contributed by atoms with van der Waals surface area (Å²) in [6.07, 6.45) is 6.18. The van der Waals surface area contributed by atoms with E-state index in [9.17, 15) is 19.2 Å². The first-order valence-electron chi connectivity index (χ1n) is 21.1. The fourth-order valence-electron chi connectivity index (χ4n) is 8.46. The van der Waals surface area contributed by atoms with Gasteiger partial charge in [-0.15, -0.1) is 11.3 Å². The molecule has 2 aliphatic heterocycles. The molecule has 1 saturated carbocycles. The number of nitrogens with zero attached hydrogens (tertiary/aromatic N) is 4. The number of piperidine rings is 1. The van der Waals surface area contributed by atoms with Crippen LogP contribution in [0.2, 0.25) is 0 Å². The number of imidazole rings is 2. The van der Waals surface area contributed by atoms with Crippen LogP contribution < -0.4 is 20.7 Å². The maximum absolute atomic E-state index is 16.7. The van der Waals surface area contributed by atoms with Crippen LogP contribution in [-0.4, -0.2) is 86.8 Å². The monoisotopic (exact) mass is 877 g/mol. The largest absolute Gasteiger partial charge is 0.464 e. The number of alkyl carbamates (subject to hydrolysis) is 2. The molecule has 1 aliphatic carbocycles. The number of nitrogens with one attached hydrogen (secondary N) is 5. The van der Waals surface area contributed by atoms with E-state index in [4.69, 9.17) is 4.74 Å². The molecule has 0 radical (unpaired) electrons. The average molecular weight is 878 g/mol. The van der Waals surface area contributed by atoms with Crippen molar-refractivity contribution in [2.75, 3.05) is 27.3 Å². The average Bonchev–Trinajstić information content (AvgIpc) is 3.68. The van der Waals surface area contributed by atoms with Crippen LogP contribution in [0.3, 0.4) is 0 Å². The number of halogens is 1. The Labute approximate surface area is 365 Å². The van der Waals surface area contributed by atoms with Crippen molar-refractivity contribution in [2.24, 2.45) is 5.92 Å². The fraction of sp³-hybridized carbons (Fsp3) is 0.378. The van der Waals surface area contributed by atoms with Crippen molar-refractivity contribution in [3.8, 4) is 39.5 Å². The number of aromatic nitrogens is 5.